The number of halogens is 4. The van der Waals surface area contributed by atoms with Gasteiger partial charge in [-0.2, -0.15) is 18.3 Å². The standard InChI is InChI=1S/C23H14F4N6OS/c1-10-18-19(32-31-10)21(34)33(12-3-5-15-16(7-12)30-9-29-15)20(18)13-4-2-11(6-14(13)24)17-8-28-22(35-17)23(25,26)27/h2-9,20H,1H3,(H,29,30)(H,31,32). The van der Waals surface area contributed by atoms with E-state index >= 15 is 4.39 Å². The summed E-state index contributed by atoms with van der Waals surface area (Å²) in [5, 5.41) is 5.92. The number of anilines is 1. The Morgan fingerprint density at radius 1 is 1.11 bits per heavy atom. The number of benzene rings is 2. The lowest BCUT2D eigenvalue weighted by Crippen LogP contribution is -2.29. The summed E-state index contributed by atoms with van der Waals surface area (Å²) in [5.41, 5.74) is 3.73. The number of carbonyl (C=O) groups is 1. The van der Waals surface area contributed by atoms with E-state index in [4.69, 9.17) is 0 Å². The molecule has 1 atom stereocenters. The van der Waals surface area contributed by atoms with Gasteiger partial charge in [-0.15, -0.1) is 11.3 Å². The molecule has 6 rings (SSSR count). The summed E-state index contributed by atoms with van der Waals surface area (Å²) < 4.78 is 54.4. The molecule has 0 bridgehead atoms. The number of alkyl halides is 3. The van der Waals surface area contributed by atoms with Crippen molar-refractivity contribution in [2.45, 2.75) is 19.1 Å². The van der Waals surface area contributed by atoms with Gasteiger partial charge in [-0.05, 0) is 36.8 Å². The number of nitrogens with one attached hydrogen (secondary N) is 2. The molecule has 4 heterocycles. The number of hydrogen-bond donors (Lipinski definition) is 2. The van der Waals surface area contributed by atoms with Crippen LogP contribution < -0.4 is 4.90 Å². The molecule has 7 nitrogen and oxygen atoms in total. The van der Waals surface area contributed by atoms with Gasteiger partial charge in [-0.25, -0.2) is 14.4 Å². The Morgan fingerprint density at radius 2 is 1.94 bits per heavy atom. The monoisotopic (exact) mass is 498 g/mol. The molecule has 1 aliphatic rings. The van der Waals surface area contributed by atoms with E-state index in [0.717, 1.165) is 17.8 Å². The molecule has 1 aliphatic heterocycles. The van der Waals surface area contributed by atoms with Crippen molar-refractivity contribution < 1.29 is 22.4 Å². The van der Waals surface area contributed by atoms with Crippen LogP contribution in [0, 0.1) is 12.7 Å². The number of aromatic amines is 2. The van der Waals surface area contributed by atoms with Crippen molar-refractivity contribution in [3.05, 3.63) is 82.3 Å². The van der Waals surface area contributed by atoms with E-state index in [2.05, 4.69) is 25.1 Å². The molecule has 176 valence electrons. The van der Waals surface area contributed by atoms with Gasteiger partial charge < -0.3 is 4.98 Å². The van der Waals surface area contributed by atoms with Crippen LogP contribution >= 0.6 is 11.3 Å². The zero-order valence-electron chi connectivity index (χ0n) is 17.8. The number of aryl methyl sites for hydroxylation is 1. The fraction of sp³-hybridized carbons (Fsp3) is 0.130. The average molecular weight is 498 g/mol. The van der Waals surface area contributed by atoms with Crippen LogP contribution in [0.3, 0.4) is 0 Å². The van der Waals surface area contributed by atoms with Crippen molar-refractivity contribution in [3.8, 4) is 10.4 Å². The van der Waals surface area contributed by atoms with E-state index in [-0.39, 0.29) is 21.7 Å². The van der Waals surface area contributed by atoms with Crippen LogP contribution in [-0.2, 0) is 6.18 Å². The molecule has 0 spiro atoms. The maximum Gasteiger partial charge on any atom is 0.443 e. The second kappa shape index (κ2) is 7.47. The summed E-state index contributed by atoms with van der Waals surface area (Å²) in [6.45, 7) is 1.74. The van der Waals surface area contributed by atoms with Crippen LogP contribution in [0.1, 0.15) is 38.4 Å². The van der Waals surface area contributed by atoms with Crippen molar-refractivity contribution in [1.29, 1.82) is 0 Å². The minimum atomic E-state index is -4.57. The van der Waals surface area contributed by atoms with Gasteiger partial charge in [0.15, 0.2) is 10.7 Å². The third kappa shape index (κ3) is 3.32. The Hall–Kier alpha value is -4.06. The summed E-state index contributed by atoms with van der Waals surface area (Å²) in [5.74, 6) is -1.06. The lowest BCUT2D eigenvalue weighted by molar-refractivity contribution is -0.137. The minimum Gasteiger partial charge on any atom is -0.345 e. The molecular formula is C23H14F4N6OS. The maximum absolute atomic E-state index is 15.6. The van der Waals surface area contributed by atoms with E-state index in [1.54, 1.807) is 25.1 Å². The molecule has 35 heavy (non-hydrogen) atoms. The van der Waals surface area contributed by atoms with E-state index in [1.165, 1.54) is 23.4 Å². The van der Waals surface area contributed by atoms with Crippen molar-refractivity contribution in [3.63, 3.8) is 0 Å². The summed E-state index contributed by atoms with van der Waals surface area (Å²) in [6.07, 6.45) is -1.96. The van der Waals surface area contributed by atoms with Crippen LogP contribution in [0.5, 0.6) is 0 Å². The number of carbonyl (C=O) groups excluding carboxylic acids is 1. The summed E-state index contributed by atoms with van der Waals surface area (Å²) in [4.78, 5) is 25.6. The lowest BCUT2D eigenvalue weighted by atomic mass is 9.97. The number of nitrogens with zero attached hydrogens (tertiary/aromatic N) is 4. The molecular weight excluding hydrogens is 484 g/mol. The van der Waals surface area contributed by atoms with Crippen LogP contribution in [-0.4, -0.2) is 31.1 Å². The first-order chi connectivity index (χ1) is 16.7. The van der Waals surface area contributed by atoms with Crippen LogP contribution in [0.4, 0.5) is 23.2 Å². The van der Waals surface area contributed by atoms with E-state index in [9.17, 15) is 18.0 Å². The SMILES string of the molecule is Cc1[nH]nc2c1C(c1ccc(-c3cnc(C(F)(F)F)s3)cc1F)N(c1ccc3[nH]cnc3c1)C2=O. The Kier molecular flexibility index (Phi) is 4.58. The fourth-order valence-electron chi connectivity index (χ4n) is 4.37. The van der Waals surface area contributed by atoms with Gasteiger partial charge in [0, 0.05) is 28.7 Å². The maximum atomic E-state index is 15.6. The highest BCUT2D eigenvalue weighted by atomic mass is 32.1. The van der Waals surface area contributed by atoms with Gasteiger partial charge in [0.1, 0.15) is 5.82 Å². The highest BCUT2D eigenvalue weighted by molar-refractivity contribution is 7.15. The van der Waals surface area contributed by atoms with E-state index in [0.29, 0.717) is 33.8 Å². The van der Waals surface area contributed by atoms with Gasteiger partial charge in [0.2, 0.25) is 0 Å². The Morgan fingerprint density at radius 3 is 2.69 bits per heavy atom. The third-order valence-electron chi connectivity index (χ3n) is 5.96. The summed E-state index contributed by atoms with van der Waals surface area (Å²) in [7, 11) is 0. The van der Waals surface area contributed by atoms with E-state index < -0.39 is 29.0 Å². The zero-order valence-corrected chi connectivity index (χ0v) is 18.6. The number of thiazole rings is 1. The summed E-state index contributed by atoms with van der Waals surface area (Å²) >= 11 is 0.440. The predicted octanol–water partition coefficient (Wildman–Crippen LogP) is 5.63. The summed E-state index contributed by atoms with van der Waals surface area (Å²) in [6, 6.07) is 8.59. The number of rotatable bonds is 3. The van der Waals surface area contributed by atoms with E-state index in [1.807, 2.05) is 0 Å². The molecule has 5 aromatic rings. The quantitative estimate of drug-likeness (QED) is 0.316. The van der Waals surface area contributed by atoms with Gasteiger partial charge in [-0.1, -0.05) is 12.1 Å². The van der Waals surface area contributed by atoms with Crippen molar-refractivity contribution in [1.82, 2.24) is 25.1 Å². The molecule has 3 aromatic heterocycles. The first-order valence-electron chi connectivity index (χ1n) is 10.4. The minimum absolute atomic E-state index is 0.186. The van der Waals surface area contributed by atoms with Gasteiger partial charge in [-0.3, -0.25) is 14.8 Å². The highest BCUT2D eigenvalue weighted by Crippen LogP contribution is 2.44. The Bertz CT molecular complexity index is 1620. The third-order valence-corrected chi connectivity index (χ3v) is 7.05. The van der Waals surface area contributed by atoms with Crippen molar-refractivity contribution >= 4 is 34.0 Å². The molecule has 0 saturated heterocycles. The second-order valence-corrected chi connectivity index (χ2v) is 9.09. The first-order valence-corrected chi connectivity index (χ1v) is 11.2. The number of H-pyrrole nitrogens is 2. The van der Waals surface area contributed by atoms with Gasteiger partial charge in [0.05, 0.1) is 28.3 Å². The molecule has 2 N–H and O–H groups in total. The molecule has 0 fully saturated rings. The van der Waals surface area contributed by atoms with Crippen LogP contribution in [0.2, 0.25) is 0 Å². The van der Waals surface area contributed by atoms with Gasteiger partial charge >= 0.3 is 6.18 Å². The molecule has 1 amide bonds. The first kappa shape index (κ1) is 21.5. The van der Waals surface area contributed by atoms with Crippen molar-refractivity contribution in [2.75, 3.05) is 4.90 Å². The molecule has 0 radical (unpaired) electrons. The van der Waals surface area contributed by atoms with Crippen LogP contribution in [0.25, 0.3) is 21.5 Å². The largest absolute Gasteiger partial charge is 0.443 e. The molecule has 12 heteroatoms. The lowest BCUT2D eigenvalue weighted by Gasteiger charge is -2.26. The molecule has 0 aliphatic carbocycles. The molecule has 0 saturated carbocycles. The van der Waals surface area contributed by atoms with Crippen molar-refractivity contribution in [2.24, 2.45) is 0 Å². The number of fused-ring (bicyclic) bond motifs is 2. The number of aromatic nitrogens is 5. The van der Waals surface area contributed by atoms with Crippen LogP contribution in [0.15, 0.2) is 48.9 Å². The predicted molar refractivity (Wildman–Crippen MR) is 121 cm³/mol. The number of amides is 1. The van der Waals surface area contributed by atoms with Gasteiger partial charge in [0.25, 0.3) is 5.91 Å². The number of hydrogen-bond acceptors (Lipinski definition) is 5. The Labute approximate surface area is 198 Å². The molecule has 2 aromatic carbocycles. The fourth-order valence-corrected chi connectivity index (χ4v) is 5.15. The normalized spacial score (nSPS) is 15.9. The highest BCUT2D eigenvalue weighted by Gasteiger charge is 2.43. The topological polar surface area (TPSA) is 90.6 Å². The molecule has 1 unspecified atom stereocenters. The average Bonchev–Trinajstić information content (AvgIpc) is 3.59. The number of imidazole rings is 1. The Balaban J connectivity index is 1.46. The second-order valence-electron chi connectivity index (χ2n) is 8.06. The zero-order chi connectivity index (χ0) is 24.5. The smallest absolute Gasteiger partial charge is 0.345 e.